The van der Waals surface area contributed by atoms with Crippen molar-refractivity contribution in [1.82, 2.24) is 0 Å². The normalized spacial score (nSPS) is 12.4. The van der Waals surface area contributed by atoms with Gasteiger partial charge in [-0.05, 0) is 55.0 Å². The number of aliphatic hydroxyl groups is 1. The van der Waals surface area contributed by atoms with E-state index in [0.717, 1.165) is 16.9 Å². The Bertz CT molecular complexity index is 491. The minimum Gasteiger partial charge on any atom is -0.485 e. The van der Waals surface area contributed by atoms with Gasteiger partial charge in [0.1, 0.15) is 11.9 Å². The van der Waals surface area contributed by atoms with Gasteiger partial charge in [0.05, 0.1) is 6.61 Å². The molecule has 1 radical (unpaired) electrons. The van der Waals surface area contributed by atoms with Crippen molar-refractivity contribution in [2.45, 2.75) is 26.1 Å². The van der Waals surface area contributed by atoms with E-state index in [1.54, 1.807) is 11.3 Å². The Morgan fingerprint density at radius 2 is 2.22 bits per heavy atom. The van der Waals surface area contributed by atoms with Crippen LogP contribution in [0.1, 0.15) is 28.5 Å². The Kier molecular flexibility index (Phi) is 4.39. The predicted molar refractivity (Wildman–Crippen MR) is 74.8 cm³/mol. The lowest BCUT2D eigenvalue weighted by molar-refractivity contribution is 0.212. The number of aliphatic hydroxyl groups excluding tert-OH is 1. The monoisotopic (exact) mass is 261 g/mol. The molecule has 0 amide bonds. The van der Waals surface area contributed by atoms with Crippen LogP contribution in [0.15, 0.2) is 35.7 Å². The van der Waals surface area contributed by atoms with Crippen molar-refractivity contribution in [1.29, 1.82) is 0 Å². The summed E-state index contributed by atoms with van der Waals surface area (Å²) in [4.78, 5) is 1.19. The van der Waals surface area contributed by atoms with Crippen LogP contribution in [0.25, 0.3) is 0 Å². The van der Waals surface area contributed by atoms with Gasteiger partial charge in [0.15, 0.2) is 0 Å². The molecule has 0 bridgehead atoms. The molecule has 1 heterocycles. The van der Waals surface area contributed by atoms with Crippen LogP contribution in [0.2, 0.25) is 0 Å². The molecule has 95 valence electrons. The Labute approximate surface area is 112 Å². The fraction of sp³-hybridized carbons (Fsp3) is 0.267. The second-order valence-corrected chi connectivity index (χ2v) is 5.14. The third kappa shape index (κ3) is 2.92. The first-order valence-electron chi connectivity index (χ1n) is 5.94. The van der Waals surface area contributed by atoms with Crippen molar-refractivity contribution in [3.63, 3.8) is 0 Å². The number of rotatable bonds is 5. The molecule has 0 fully saturated rings. The quantitative estimate of drug-likeness (QED) is 0.884. The average Bonchev–Trinajstić information content (AvgIpc) is 2.90. The number of aryl methyl sites for hydroxylation is 1. The lowest BCUT2D eigenvalue weighted by Crippen LogP contribution is -2.05. The maximum atomic E-state index is 9.14. The third-order valence-electron chi connectivity index (χ3n) is 2.89. The maximum Gasteiger partial charge on any atom is 0.133 e. The SMILES string of the molecule is [CH2]C[C@H](Oc1ccc(CO)c(C)c1)c1cccs1. The predicted octanol–water partition coefficient (Wildman–Crippen LogP) is 3.89. The maximum absolute atomic E-state index is 9.14. The molecule has 0 aliphatic rings. The molecule has 2 rings (SSSR count). The Morgan fingerprint density at radius 3 is 2.78 bits per heavy atom. The summed E-state index contributed by atoms with van der Waals surface area (Å²) in [7, 11) is 0. The summed E-state index contributed by atoms with van der Waals surface area (Å²) in [5.41, 5.74) is 1.98. The van der Waals surface area contributed by atoms with E-state index in [1.165, 1.54) is 4.88 Å². The highest BCUT2D eigenvalue weighted by atomic mass is 32.1. The zero-order chi connectivity index (χ0) is 13.0. The standard InChI is InChI=1S/C15H17O2S/c1-3-14(15-5-4-8-18-15)17-13-7-6-12(10-16)11(2)9-13/h4-9,14,16H,1,3,10H2,2H3/t14-/m0/s1. The van der Waals surface area contributed by atoms with Crippen LogP contribution < -0.4 is 4.74 Å². The number of hydrogen-bond acceptors (Lipinski definition) is 3. The topological polar surface area (TPSA) is 29.5 Å². The first-order chi connectivity index (χ1) is 8.74. The van der Waals surface area contributed by atoms with Crippen molar-refractivity contribution in [3.05, 3.63) is 58.6 Å². The molecule has 2 nitrogen and oxygen atoms in total. The molecular formula is C15H17O2S. The van der Waals surface area contributed by atoms with E-state index >= 15 is 0 Å². The Morgan fingerprint density at radius 1 is 1.39 bits per heavy atom. The van der Waals surface area contributed by atoms with Crippen LogP contribution in [-0.2, 0) is 6.61 Å². The highest BCUT2D eigenvalue weighted by Crippen LogP contribution is 2.28. The fourth-order valence-electron chi connectivity index (χ4n) is 1.82. The highest BCUT2D eigenvalue weighted by Gasteiger charge is 2.12. The molecule has 0 aliphatic heterocycles. The van der Waals surface area contributed by atoms with E-state index in [9.17, 15) is 0 Å². The van der Waals surface area contributed by atoms with Gasteiger partial charge in [-0.3, -0.25) is 0 Å². The van der Waals surface area contributed by atoms with Gasteiger partial charge in [0.2, 0.25) is 0 Å². The zero-order valence-electron chi connectivity index (χ0n) is 10.4. The molecule has 0 unspecified atom stereocenters. The van der Waals surface area contributed by atoms with E-state index in [0.29, 0.717) is 6.42 Å². The van der Waals surface area contributed by atoms with E-state index in [1.807, 2.05) is 36.6 Å². The average molecular weight is 261 g/mol. The minimum absolute atomic E-state index is 0.00405. The van der Waals surface area contributed by atoms with Gasteiger partial charge < -0.3 is 9.84 Å². The molecule has 18 heavy (non-hydrogen) atoms. The van der Waals surface area contributed by atoms with Crippen molar-refractivity contribution in [3.8, 4) is 5.75 Å². The summed E-state index contributed by atoms with van der Waals surface area (Å²) in [6, 6.07) is 9.84. The largest absolute Gasteiger partial charge is 0.485 e. The minimum atomic E-state index is 0.00405. The Hall–Kier alpha value is -1.32. The van der Waals surface area contributed by atoms with Crippen molar-refractivity contribution in [2.24, 2.45) is 0 Å². The van der Waals surface area contributed by atoms with Gasteiger partial charge in [0, 0.05) is 4.88 Å². The smallest absolute Gasteiger partial charge is 0.133 e. The van der Waals surface area contributed by atoms with Crippen LogP contribution in [-0.4, -0.2) is 5.11 Å². The zero-order valence-corrected chi connectivity index (χ0v) is 11.2. The molecule has 1 N–H and O–H groups in total. The second kappa shape index (κ2) is 6.03. The first kappa shape index (κ1) is 13.1. The molecule has 0 spiro atoms. The second-order valence-electron chi connectivity index (χ2n) is 4.16. The highest BCUT2D eigenvalue weighted by molar-refractivity contribution is 7.10. The number of thiophene rings is 1. The summed E-state index contributed by atoms with van der Waals surface area (Å²) >= 11 is 1.68. The van der Waals surface area contributed by atoms with Gasteiger partial charge in [-0.2, -0.15) is 0 Å². The molecule has 1 aromatic carbocycles. The molecule has 3 heteroatoms. The van der Waals surface area contributed by atoms with Gasteiger partial charge >= 0.3 is 0 Å². The van der Waals surface area contributed by atoms with Crippen molar-refractivity contribution >= 4 is 11.3 Å². The number of benzene rings is 1. The molecule has 0 saturated carbocycles. The van der Waals surface area contributed by atoms with Gasteiger partial charge in [-0.1, -0.05) is 12.1 Å². The molecule has 1 aromatic heterocycles. The first-order valence-corrected chi connectivity index (χ1v) is 6.82. The van der Waals surface area contributed by atoms with E-state index in [2.05, 4.69) is 13.0 Å². The summed E-state index contributed by atoms with van der Waals surface area (Å²) in [5.74, 6) is 0.826. The number of ether oxygens (including phenoxy) is 1. The van der Waals surface area contributed by atoms with E-state index in [-0.39, 0.29) is 12.7 Å². The lowest BCUT2D eigenvalue weighted by Gasteiger charge is -2.17. The summed E-state index contributed by atoms with van der Waals surface area (Å²) in [5, 5.41) is 11.2. The van der Waals surface area contributed by atoms with Crippen molar-refractivity contribution in [2.75, 3.05) is 0 Å². The molecule has 0 aliphatic carbocycles. The Balaban J connectivity index is 2.15. The van der Waals surface area contributed by atoms with E-state index < -0.39 is 0 Å². The molecule has 2 aromatic rings. The third-order valence-corrected chi connectivity index (χ3v) is 3.85. The fourth-order valence-corrected chi connectivity index (χ4v) is 2.61. The van der Waals surface area contributed by atoms with Crippen LogP contribution >= 0.6 is 11.3 Å². The summed E-state index contributed by atoms with van der Waals surface area (Å²) in [6.07, 6.45) is 0.700. The van der Waals surface area contributed by atoms with Crippen LogP contribution in [0.5, 0.6) is 5.75 Å². The number of hydrogen-bond donors (Lipinski definition) is 1. The molecular weight excluding hydrogens is 244 g/mol. The van der Waals surface area contributed by atoms with Gasteiger partial charge in [-0.15, -0.1) is 11.3 Å². The lowest BCUT2D eigenvalue weighted by atomic mass is 10.1. The molecule has 0 saturated heterocycles. The van der Waals surface area contributed by atoms with E-state index in [4.69, 9.17) is 9.84 Å². The summed E-state index contributed by atoms with van der Waals surface area (Å²) in [6.45, 7) is 5.98. The van der Waals surface area contributed by atoms with Crippen LogP contribution in [0.3, 0.4) is 0 Å². The van der Waals surface area contributed by atoms with Gasteiger partial charge in [0.25, 0.3) is 0 Å². The van der Waals surface area contributed by atoms with Gasteiger partial charge in [-0.25, -0.2) is 0 Å². The van der Waals surface area contributed by atoms with Crippen molar-refractivity contribution < 1.29 is 9.84 Å². The molecule has 1 atom stereocenters. The van der Waals surface area contributed by atoms with Crippen LogP contribution in [0.4, 0.5) is 0 Å². The van der Waals surface area contributed by atoms with Crippen LogP contribution in [0, 0.1) is 13.8 Å². The summed E-state index contributed by atoms with van der Waals surface area (Å²) < 4.78 is 5.95.